The Balaban J connectivity index is 2.00. The summed E-state index contributed by atoms with van der Waals surface area (Å²) < 4.78 is 0. The smallest absolute Gasteiger partial charge is 0.0195 e. The average molecular weight is 220 g/mol. The third-order valence-electron chi connectivity index (χ3n) is 6.58. The van der Waals surface area contributed by atoms with E-state index in [1.165, 1.54) is 6.42 Å². The molecule has 16 heavy (non-hydrogen) atoms. The van der Waals surface area contributed by atoms with Crippen LogP contribution in [0, 0.1) is 34.5 Å². The van der Waals surface area contributed by atoms with Crippen LogP contribution in [0.5, 0.6) is 0 Å². The largest absolute Gasteiger partial charge is 0.0648 e. The van der Waals surface area contributed by atoms with Gasteiger partial charge in [-0.3, -0.25) is 0 Å². The maximum atomic E-state index is 2.51. The van der Waals surface area contributed by atoms with Crippen LogP contribution in [0.15, 0.2) is 0 Å². The van der Waals surface area contributed by atoms with Crippen molar-refractivity contribution in [3.63, 3.8) is 0 Å². The molecule has 4 rings (SSSR count). The summed E-state index contributed by atoms with van der Waals surface area (Å²) in [7, 11) is 0. The van der Waals surface area contributed by atoms with Crippen LogP contribution in [0.1, 0.15) is 66.2 Å². The molecule has 0 saturated heterocycles. The molecule has 4 aliphatic carbocycles. The zero-order valence-electron chi connectivity index (χ0n) is 11.6. The highest BCUT2D eigenvalue weighted by molar-refractivity contribution is 5.09. The third-order valence-corrected chi connectivity index (χ3v) is 6.58. The molecule has 4 aliphatic rings. The lowest BCUT2D eigenvalue weighted by Crippen LogP contribution is -2.58. The minimum Gasteiger partial charge on any atom is -0.0648 e. The highest BCUT2D eigenvalue weighted by Crippen LogP contribution is 2.68. The average Bonchev–Trinajstić information content (AvgIpc) is 2.14. The highest BCUT2D eigenvalue weighted by Gasteiger charge is 2.60. The third kappa shape index (κ3) is 1.22. The van der Waals surface area contributed by atoms with Crippen molar-refractivity contribution in [3.8, 4) is 0 Å². The normalized spacial score (nSPS) is 51.0. The first-order valence-electron chi connectivity index (χ1n) is 7.47. The van der Waals surface area contributed by atoms with Gasteiger partial charge in [0.25, 0.3) is 0 Å². The van der Waals surface area contributed by atoms with E-state index in [1.54, 1.807) is 32.1 Å². The molecular weight excluding hydrogens is 192 g/mol. The highest BCUT2D eigenvalue weighted by atomic mass is 14.6. The second-order valence-electron chi connectivity index (χ2n) is 7.95. The lowest BCUT2D eigenvalue weighted by molar-refractivity contribution is -0.166. The Bertz CT molecular complexity index is 253. The van der Waals surface area contributed by atoms with E-state index in [9.17, 15) is 0 Å². The maximum Gasteiger partial charge on any atom is -0.0195 e. The van der Waals surface area contributed by atoms with E-state index < -0.39 is 0 Å². The van der Waals surface area contributed by atoms with Gasteiger partial charge in [0.05, 0.1) is 0 Å². The van der Waals surface area contributed by atoms with Crippen LogP contribution in [0.4, 0.5) is 0 Å². The fourth-order valence-corrected chi connectivity index (χ4v) is 6.36. The van der Waals surface area contributed by atoms with Crippen molar-refractivity contribution in [2.45, 2.75) is 66.2 Å². The molecule has 0 aromatic heterocycles. The molecule has 0 atom stereocenters. The molecule has 4 saturated carbocycles. The first-order chi connectivity index (χ1) is 7.47. The molecule has 0 aromatic carbocycles. The summed E-state index contributed by atoms with van der Waals surface area (Å²) in [5.74, 6) is 4.36. The Morgan fingerprint density at radius 1 is 0.875 bits per heavy atom. The van der Waals surface area contributed by atoms with Crippen LogP contribution in [0.3, 0.4) is 0 Å². The van der Waals surface area contributed by atoms with Gasteiger partial charge in [-0.25, -0.2) is 0 Å². The van der Waals surface area contributed by atoms with Gasteiger partial charge in [0.15, 0.2) is 0 Å². The Kier molecular flexibility index (Phi) is 2.27. The van der Waals surface area contributed by atoms with E-state index in [1.807, 2.05) is 0 Å². The minimum absolute atomic E-state index is 0.518. The van der Waals surface area contributed by atoms with Crippen molar-refractivity contribution >= 4 is 0 Å². The second-order valence-corrected chi connectivity index (χ2v) is 7.95. The van der Waals surface area contributed by atoms with E-state index in [4.69, 9.17) is 0 Å². The van der Waals surface area contributed by atoms with Gasteiger partial charge < -0.3 is 0 Å². The van der Waals surface area contributed by atoms with Crippen LogP contribution in [0.25, 0.3) is 0 Å². The summed E-state index contributed by atoms with van der Waals surface area (Å²) in [5.41, 5.74) is 1.20. The molecule has 92 valence electrons. The number of hydrogen-bond acceptors (Lipinski definition) is 0. The fourth-order valence-electron chi connectivity index (χ4n) is 6.36. The van der Waals surface area contributed by atoms with Gasteiger partial charge >= 0.3 is 0 Å². The van der Waals surface area contributed by atoms with Gasteiger partial charge in [-0.2, -0.15) is 0 Å². The molecule has 0 aliphatic heterocycles. The van der Waals surface area contributed by atoms with Crippen molar-refractivity contribution in [2.75, 3.05) is 0 Å². The summed E-state index contributed by atoms with van der Waals surface area (Å²) in [5, 5.41) is 0. The molecular formula is C16H28. The Morgan fingerprint density at radius 3 is 1.62 bits per heavy atom. The quantitative estimate of drug-likeness (QED) is 0.590. The van der Waals surface area contributed by atoms with Gasteiger partial charge in [-0.05, 0) is 73.0 Å². The van der Waals surface area contributed by atoms with Crippen molar-refractivity contribution in [2.24, 2.45) is 34.5 Å². The summed E-state index contributed by atoms with van der Waals surface area (Å²) in [6.45, 7) is 10.0. The standard InChI is InChI=1S/C16H28/c1-5-16(15(2,3)4)13-7-11-6-12(9-13)10-14(16)8-11/h11-14H,5-10H2,1-4H3. The van der Waals surface area contributed by atoms with Crippen LogP contribution in [0.2, 0.25) is 0 Å². The first-order valence-corrected chi connectivity index (χ1v) is 7.47. The molecule has 0 N–H and O–H groups in total. The van der Waals surface area contributed by atoms with Gasteiger partial charge in [0.1, 0.15) is 0 Å². The molecule has 0 heteroatoms. The number of rotatable bonds is 1. The van der Waals surface area contributed by atoms with Crippen LogP contribution < -0.4 is 0 Å². The maximum absolute atomic E-state index is 2.51. The lowest BCUT2D eigenvalue weighted by Gasteiger charge is -2.66. The Morgan fingerprint density at radius 2 is 1.31 bits per heavy atom. The molecule has 0 radical (unpaired) electrons. The molecule has 4 fully saturated rings. The summed E-state index contributed by atoms with van der Waals surface area (Å²) >= 11 is 0. The SMILES string of the molecule is CCC1(C(C)(C)C)C2CC3CC(C2)CC1C3. The lowest BCUT2D eigenvalue weighted by atomic mass is 9.39. The molecule has 0 unspecified atom stereocenters. The number of hydrogen-bond donors (Lipinski definition) is 0. The van der Waals surface area contributed by atoms with Crippen LogP contribution >= 0.6 is 0 Å². The van der Waals surface area contributed by atoms with Gasteiger partial charge in [-0.1, -0.05) is 27.7 Å². The van der Waals surface area contributed by atoms with E-state index in [0.29, 0.717) is 10.8 Å². The first kappa shape index (κ1) is 11.1. The zero-order chi connectivity index (χ0) is 11.6. The summed E-state index contributed by atoms with van der Waals surface area (Å²) in [4.78, 5) is 0. The van der Waals surface area contributed by atoms with E-state index in [0.717, 1.165) is 23.7 Å². The van der Waals surface area contributed by atoms with Crippen molar-refractivity contribution in [1.29, 1.82) is 0 Å². The summed E-state index contributed by atoms with van der Waals surface area (Å²) in [6, 6.07) is 0. The zero-order valence-corrected chi connectivity index (χ0v) is 11.6. The van der Waals surface area contributed by atoms with Gasteiger partial charge in [0.2, 0.25) is 0 Å². The van der Waals surface area contributed by atoms with Gasteiger partial charge in [-0.15, -0.1) is 0 Å². The monoisotopic (exact) mass is 220 g/mol. The topological polar surface area (TPSA) is 0 Å². The predicted molar refractivity (Wildman–Crippen MR) is 69.2 cm³/mol. The fraction of sp³-hybridized carbons (Fsp3) is 1.00. The van der Waals surface area contributed by atoms with Crippen molar-refractivity contribution in [1.82, 2.24) is 0 Å². The molecule has 0 spiro atoms. The molecule has 4 bridgehead atoms. The Hall–Kier alpha value is 0. The Labute approximate surface area is 101 Å². The molecule has 0 heterocycles. The van der Waals surface area contributed by atoms with E-state index in [2.05, 4.69) is 27.7 Å². The molecule has 0 amide bonds. The van der Waals surface area contributed by atoms with Gasteiger partial charge in [0, 0.05) is 0 Å². The van der Waals surface area contributed by atoms with E-state index >= 15 is 0 Å². The molecule has 0 aromatic rings. The van der Waals surface area contributed by atoms with Crippen LogP contribution in [-0.2, 0) is 0 Å². The second kappa shape index (κ2) is 3.27. The van der Waals surface area contributed by atoms with Crippen molar-refractivity contribution < 1.29 is 0 Å². The predicted octanol–water partition coefficient (Wildman–Crippen LogP) is 4.89. The minimum atomic E-state index is 0.518. The van der Waals surface area contributed by atoms with E-state index in [-0.39, 0.29) is 0 Å². The van der Waals surface area contributed by atoms with Crippen molar-refractivity contribution in [3.05, 3.63) is 0 Å². The molecule has 0 nitrogen and oxygen atoms in total. The van der Waals surface area contributed by atoms with Crippen LogP contribution in [-0.4, -0.2) is 0 Å². The summed E-state index contributed by atoms with van der Waals surface area (Å²) in [6.07, 6.45) is 9.27.